The lowest BCUT2D eigenvalue weighted by atomic mass is 9.87. The molecule has 6 atom stereocenters. The number of allylic oxidation sites excluding steroid dienone is 2. The molecule has 192 valence electrons. The van der Waals surface area contributed by atoms with E-state index in [0.717, 1.165) is 60.1 Å². The number of nitrogens with one attached hydrogen (secondary N) is 2. The molecular formula is C29H44N4S2. The van der Waals surface area contributed by atoms with Gasteiger partial charge in [-0.05, 0) is 111 Å². The Morgan fingerprint density at radius 1 is 0.629 bits per heavy atom. The highest BCUT2D eigenvalue weighted by Gasteiger charge is 2.37. The molecule has 35 heavy (non-hydrogen) atoms. The normalized spacial score (nSPS) is 36.3. The molecule has 0 spiro atoms. The Morgan fingerprint density at radius 3 is 1.40 bits per heavy atom. The van der Waals surface area contributed by atoms with E-state index < -0.39 is 0 Å². The summed E-state index contributed by atoms with van der Waals surface area (Å²) >= 11 is 11.6. The molecule has 0 unspecified atom stereocenters. The molecule has 2 heterocycles. The average Bonchev–Trinajstić information content (AvgIpc) is 3.68. The van der Waals surface area contributed by atoms with Gasteiger partial charge in [0.1, 0.15) is 0 Å². The van der Waals surface area contributed by atoms with Crippen molar-refractivity contribution >= 4 is 34.7 Å². The van der Waals surface area contributed by atoms with Crippen molar-refractivity contribution in [3.05, 3.63) is 24.3 Å². The molecule has 0 aromatic rings. The van der Waals surface area contributed by atoms with Gasteiger partial charge in [0, 0.05) is 38.3 Å². The van der Waals surface area contributed by atoms with Crippen molar-refractivity contribution in [3.63, 3.8) is 0 Å². The minimum absolute atomic E-state index is 0.585. The Bertz CT molecular complexity index is 772. The zero-order chi connectivity index (χ0) is 23.8. The summed E-state index contributed by atoms with van der Waals surface area (Å²) in [4.78, 5) is 4.89. The predicted octanol–water partition coefficient (Wildman–Crippen LogP) is 5.26. The Kier molecular flexibility index (Phi) is 7.39. The Balaban J connectivity index is 0.835. The summed E-state index contributed by atoms with van der Waals surface area (Å²) in [5.41, 5.74) is 0. The van der Waals surface area contributed by atoms with E-state index in [-0.39, 0.29) is 0 Å². The third-order valence-corrected chi connectivity index (χ3v) is 11.0. The summed E-state index contributed by atoms with van der Waals surface area (Å²) in [7, 11) is 0. The number of hydrogen-bond acceptors (Lipinski definition) is 2. The molecule has 6 heteroatoms. The standard InChI is InChI=1S/C29H44N4S2/c34-28(30-26-18-22-4-6-24(26)16-22)32-12-8-20(9-13-32)2-1-3-21-10-14-33(15-11-21)29(35)31-27-19-23-5-7-25(27)17-23/h4-7,20-27H,1-3,8-19H2,(H,30,34)(H,31,35)/t22-,23+,24-,25-,26+,27+/m0/s1. The van der Waals surface area contributed by atoms with Crippen molar-refractivity contribution in [2.24, 2.45) is 35.5 Å². The van der Waals surface area contributed by atoms with Crippen LogP contribution in [0.15, 0.2) is 24.3 Å². The lowest BCUT2D eigenvalue weighted by Gasteiger charge is -2.37. The summed E-state index contributed by atoms with van der Waals surface area (Å²) in [5.74, 6) is 4.83. The minimum Gasteiger partial charge on any atom is -0.359 e. The van der Waals surface area contributed by atoms with Gasteiger partial charge in [0.2, 0.25) is 0 Å². The van der Waals surface area contributed by atoms with Gasteiger partial charge in [-0.1, -0.05) is 43.6 Å². The van der Waals surface area contributed by atoms with Crippen LogP contribution < -0.4 is 10.6 Å². The van der Waals surface area contributed by atoms with E-state index in [4.69, 9.17) is 24.4 Å². The van der Waals surface area contributed by atoms with Gasteiger partial charge >= 0.3 is 0 Å². The van der Waals surface area contributed by atoms with Crippen LogP contribution >= 0.6 is 24.4 Å². The maximum atomic E-state index is 5.79. The highest BCUT2D eigenvalue weighted by molar-refractivity contribution is 7.80. The van der Waals surface area contributed by atoms with Gasteiger partial charge in [0.25, 0.3) is 0 Å². The monoisotopic (exact) mass is 512 g/mol. The van der Waals surface area contributed by atoms with Gasteiger partial charge in [-0.15, -0.1) is 0 Å². The maximum Gasteiger partial charge on any atom is 0.169 e. The second-order valence-electron chi connectivity index (χ2n) is 12.5. The molecule has 4 bridgehead atoms. The van der Waals surface area contributed by atoms with E-state index >= 15 is 0 Å². The van der Waals surface area contributed by atoms with Crippen LogP contribution in [0.2, 0.25) is 0 Å². The first kappa shape index (κ1) is 24.2. The summed E-state index contributed by atoms with van der Waals surface area (Å²) in [5, 5.41) is 9.45. The molecule has 2 saturated heterocycles. The number of nitrogens with zero attached hydrogens (tertiary/aromatic N) is 2. The van der Waals surface area contributed by atoms with Gasteiger partial charge in [-0.3, -0.25) is 0 Å². The minimum atomic E-state index is 0.585. The van der Waals surface area contributed by atoms with E-state index in [0.29, 0.717) is 23.9 Å². The Hall–Kier alpha value is -1.14. The zero-order valence-corrected chi connectivity index (χ0v) is 22.9. The molecule has 2 saturated carbocycles. The van der Waals surface area contributed by atoms with Gasteiger partial charge in [-0.25, -0.2) is 0 Å². The van der Waals surface area contributed by atoms with Crippen LogP contribution in [-0.2, 0) is 0 Å². The lowest BCUT2D eigenvalue weighted by Crippen LogP contribution is -2.48. The van der Waals surface area contributed by atoms with Gasteiger partial charge < -0.3 is 20.4 Å². The van der Waals surface area contributed by atoms with Crippen LogP contribution in [0, 0.1) is 35.5 Å². The largest absolute Gasteiger partial charge is 0.359 e. The van der Waals surface area contributed by atoms with E-state index in [1.165, 1.54) is 70.6 Å². The molecule has 2 aliphatic heterocycles. The van der Waals surface area contributed by atoms with Crippen molar-refractivity contribution in [1.82, 2.24) is 20.4 Å². The van der Waals surface area contributed by atoms with E-state index in [2.05, 4.69) is 44.7 Å². The van der Waals surface area contributed by atoms with Crippen molar-refractivity contribution in [3.8, 4) is 0 Å². The fourth-order valence-corrected chi connectivity index (χ4v) is 8.61. The van der Waals surface area contributed by atoms with Crippen molar-refractivity contribution < 1.29 is 0 Å². The average molecular weight is 513 g/mol. The van der Waals surface area contributed by atoms with Crippen LogP contribution in [-0.4, -0.2) is 58.3 Å². The SMILES string of the molecule is S=C(N[C@@H]1C[C@@H]2C=C[C@H]1C2)N1CCC(CCCC2CCN(C(=S)N[C@@H]3C[C@H]4C=C[C@H]3C4)CC2)CC1. The third-order valence-electron chi connectivity index (χ3n) is 10.2. The van der Waals surface area contributed by atoms with Gasteiger partial charge in [0.15, 0.2) is 10.2 Å². The highest BCUT2D eigenvalue weighted by atomic mass is 32.1. The van der Waals surface area contributed by atoms with Crippen LogP contribution in [0.3, 0.4) is 0 Å². The first-order chi connectivity index (χ1) is 17.1. The summed E-state index contributed by atoms with van der Waals surface area (Å²) in [6.07, 6.45) is 24.3. The van der Waals surface area contributed by atoms with Gasteiger partial charge in [0.05, 0.1) is 0 Å². The molecule has 2 N–H and O–H groups in total. The molecular weight excluding hydrogens is 468 g/mol. The maximum absolute atomic E-state index is 5.79. The molecule has 4 aliphatic carbocycles. The number of rotatable bonds is 6. The second kappa shape index (κ2) is 10.7. The fourth-order valence-electron chi connectivity index (χ4n) is 7.94. The topological polar surface area (TPSA) is 30.5 Å². The number of thiocarbonyl (C=S) groups is 2. The zero-order valence-electron chi connectivity index (χ0n) is 21.2. The van der Waals surface area contributed by atoms with E-state index in [1.807, 2.05) is 0 Å². The third kappa shape index (κ3) is 5.58. The first-order valence-corrected chi connectivity index (χ1v) is 15.4. The summed E-state index contributed by atoms with van der Waals surface area (Å²) < 4.78 is 0. The predicted molar refractivity (Wildman–Crippen MR) is 152 cm³/mol. The number of likely N-dealkylation sites (tertiary alicyclic amines) is 2. The van der Waals surface area contributed by atoms with Gasteiger partial charge in [-0.2, -0.15) is 0 Å². The molecule has 0 amide bonds. The van der Waals surface area contributed by atoms with E-state index in [1.54, 1.807) is 0 Å². The van der Waals surface area contributed by atoms with Crippen molar-refractivity contribution in [1.29, 1.82) is 0 Å². The van der Waals surface area contributed by atoms with Crippen LogP contribution in [0.5, 0.6) is 0 Å². The number of piperidine rings is 2. The van der Waals surface area contributed by atoms with Crippen LogP contribution in [0.4, 0.5) is 0 Å². The smallest absolute Gasteiger partial charge is 0.169 e. The lowest BCUT2D eigenvalue weighted by molar-refractivity contribution is 0.224. The molecule has 4 fully saturated rings. The highest BCUT2D eigenvalue weighted by Crippen LogP contribution is 2.40. The molecule has 4 nitrogen and oxygen atoms in total. The molecule has 6 aliphatic rings. The Morgan fingerprint density at radius 2 is 1.06 bits per heavy atom. The van der Waals surface area contributed by atoms with Crippen LogP contribution in [0.25, 0.3) is 0 Å². The van der Waals surface area contributed by atoms with Crippen molar-refractivity contribution in [2.75, 3.05) is 26.2 Å². The molecule has 0 aromatic carbocycles. The van der Waals surface area contributed by atoms with Crippen molar-refractivity contribution in [2.45, 2.75) is 82.7 Å². The molecule has 6 rings (SSSR count). The van der Waals surface area contributed by atoms with E-state index in [9.17, 15) is 0 Å². The summed E-state index contributed by atoms with van der Waals surface area (Å²) in [6.45, 7) is 4.59. The number of hydrogen-bond donors (Lipinski definition) is 2. The second-order valence-corrected chi connectivity index (χ2v) is 13.2. The van der Waals surface area contributed by atoms with Crippen LogP contribution in [0.1, 0.15) is 70.6 Å². The summed E-state index contributed by atoms with van der Waals surface area (Å²) in [6, 6.07) is 1.17. The molecule has 0 radical (unpaired) electrons. The fraction of sp³-hybridized carbons (Fsp3) is 0.793. The quantitative estimate of drug-likeness (QED) is 0.373. The number of fused-ring (bicyclic) bond motifs is 4. The Labute approximate surface area is 223 Å². The first-order valence-electron chi connectivity index (χ1n) is 14.6. The molecule has 0 aromatic heterocycles.